The molecule has 0 spiro atoms. The van der Waals surface area contributed by atoms with Gasteiger partial charge in [-0.15, -0.1) is 12.3 Å². The number of ether oxygens (including phenoxy) is 1. The molecule has 1 N–H and O–H groups in total. The van der Waals surface area contributed by atoms with E-state index in [0.29, 0.717) is 12.5 Å². The lowest BCUT2D eigenvalue weighted by atomic mass is 10.3. The highest BCUT2D eigenvalue weighted by Crippen LogP contribution is 2.11. The van der Waals surface area contributed by atoms with Crippen molar-refractivity contribution < 1.29 is 4.74 Å². The van der Waals surface area contributed by atoms with E-state index in [2.05, 4.69) is 28.1 Å². The second-order valence-corrected chi connectivity index (χ2v) is 3.32. The van der Waals surface area contributed by atoms with E-state index in [9.17, 15) is 0 Å². The first-order valence-corrected chi connectivity index (χ1v) is 5.49. The molecule has 0 aliphatic heterocycles. The fraction of sp³-hybridized carbons (Fsp3) is 0.500. The number of unbranched alkanes of at least 4 members (excludes halogenated alkanes) is 1. The Morgan fingerprint density at radius 3 is 3.12 bits per heavy atom. The first-order chi connectivity index (χ1) is 7.86. The molecule has 4 heteroatoms. The number of nitrogens with one attached hydrogen (secondary N) is 1. The van der Waals surface area contributed by atoms with Crippen LogP contribution in [-0.2, 0) is 0 Å². The zero-order valence-electron chi connectivity index (χ0n) is 9.57. The van der Waals surface area contributed by atoms with Gasteiger partial charge in [-0.05, 0) is 12.8 Å². The normalized spacial score (nSPS) is 9.50. The van der Waals surface area contributed by atoms with E-state index in [1.165, 1.54) is 6.33 Å². The summed E-state index contributed by atoms with van der Waals surface area (Å²) in [7, 11) is 0. The third-order valence-corrected chi connectivity index (χ3v) is 1.90. The van der Waals surface area contributed by atoms with Crippen LogP contribution in [0.2, 0.25) is 0 Å². The molecule has 1 rings (SSSR count). The summed E-state index contributed by atoms with van der Waals surface area (Å²) in [6.07, 6.45) is 9.34. The van der Waals surface area contributed by atoms with E-state index in [1.807, 2.05) is 0 Å². The van der Waals surface area contributed by atoms with Gasteiger partial charge in [-0.3, -0.25) is 0 Å². The maximum absolute atomic E-state index is 5.40. The van der Waals surface area contributed by atoms with Crippen LogP contribution in [0.3, 0.4) is 0 Å². The topological polar surface area (TPSA) is 47.0 Å². The Morgan fingerprint density at radius 1 is 1.50 bits per heavy atom. The van der Waals surface area contributed by atoms with Crippen LogP contribution in [0.5, 0.6) is 5.88 Å². The van der Waals surface area contributed by atoms with Crippen molar-refractivity contribution in [3.8, 4) is 18.2 Å². The van der Waals surface area contributed by atoms with Gasteiger partial charge in [0.2, 0.25) is 5.88 Å². The van der Waals surface area contributed by atoms with Gasteiger partial charge in [0.05, 0.1) is 6.61 Å². The third kappa shape index (κ3) is 4.65. The minimum atomic E-state index is 0.608. The molecule has 1 heterocycles. The summed E-state index contributed by atoms with van der Waals surface area (Å²) in [4.78, 5) is 8.11. The van der Waals surface area contributed by atoms with Crippen molar-refractivity contribution in [1.29, 1.82) is 0 Å². The monoisotopic (exact) mass is 219 g/mol. The Kier molecular flexibility index (Phi) is 5.79. The minimum Gasteiger partial charge on any atom is -0.478 e. The van der Waals surface area contributed by atoms with Gasteiger partial charge in [-0.1, -0.05) is 6.92 Å². The van der Waals surface area contributed by atoms with Crippen LogP contribution in [0.15, 0.2) is 12.4 Å². The molecule has 16 heavy (non-hydrogen) atoms. The van der Waals surface area contributed by atoms with Crippen molar-refractivity contribution in [3.05, 3.63) is 12.4 Å². The van der Waals surface area contributed by atoms with Crippen molar-refractivity contribution in [3.63, 3.8) is 0 Å². The van der Waals surface area contributed by atoms with Gasteiger partial charge in [0.25, 0.3) is 0 Å². The summed E-state index contributed by atoms with van der Waals surface area (Å²) < 4.78 is 5.40. The smallest absolute Gasteiger partial charge is 0.218 e. The van der Waals surface area contributed by atoms with Crippen molar-refractivity contribution in [1.82, 2.24) is 9.97 Å². The highest BCUT2D eigenvalue weighted by atomic mass is 16.5. The first kappa shape index (κ1) is 12.3. The molecule has 0 aliphatic carbocycles. The highest BCUT2D eigenvalue weighted by molar-refractivity contribution is 5.36. The fourth-order valence-electron chi connectivity index (χ4n) is 1.13. The molecule has 0 aromatic carbocycles. The Morgan fingerprint density at radius 2 is 2.38 bits per heavy atom. The second-order valence-electron chi connectivity index (χ2n) is 3.32. The minimum absolute atomic E-state index is 0.608. The third-order valence-electron chi connectivity index (χ3n) is 1.90. The molecule has 1 aromatic heterocycles. The molecule has 0 saturated heterocycles. The SMILES string of the molecule is C#CCCCNc1cc(OCCC)ncn1. The van der Waals surface area contributed by atoms with Crippen LogP contribution in [0.25, 0.3) is 0 Å². The number of rotatable bonds is 7. The molecule has 0 bridgehead atoms. The Labute approximate surface area is 96.5 Å². The van der Waals surface area contributed by atoms with E-state index in [1.54, 1.807) is 6.07 Å². The summed E-state index contributed by atoms with van der Waals surface area (Å²) in [6, 6.07) is 1.80. The predicted octanol–water partition coefficient (Wildman–Crippen LogP) is 2.09. The zero-order valence-corrected chi connectivity index (χ0v) is 9.57. The molecule has 0 fully saturated rings. The second kappa shape index (κ2) is 7.52. The van der Waals surface area contributed by atoms with Crippen LogP contribution in [0.4, 0.5) is 5.82 Å². The van der Waals surface area contributed by atoms with Gasteiger partial charge in [0.15, 0.2) is 0 Å². The maximum atomic E-state index is 5.40. The average Bonchev–Trinajstić information content (AvgIpc) is 2.33. The summed E-state index contributed by atoms with van der Waals surface area (Å²) in [6.45, 7) is 3.54. The number of anilines is 1. The van der Waals surface area contributed by atoms with Crippen LogP contribution in [0, 0.1) is 12.3 Å². The number of nitrogens with zero attached hydrogens (tertiary/aromatic N) is 2. The Balaban J connectivity index is 2.38. The lowest BCUT2D eigenvalue weighted by molar-refractivity contribution is 0.305. The van der Waals surface area contributed by atoms with Crippen molar-refractivity contribution in [2.45, 2.75) is 26.2 Å². The van der Waals surface area contributed by atoms with Gasteiger partial charge < -0.3 is 10.1 Å². The van der Waals surface area contributed by atoms with Crippen molar-refractivity contribution in [2.75, 3.05) is 18.5 Å². The van der Waals surface area contributed by atoms with Crippen LogP contribution < -0.4 is 10.1 Å². The van der Waals surface area contributed by atoms with E-state index < -0.39 is 0 Å². The quantitative estimate of drug-likeness (QED) is 0.563. The summed E-state index contributed by atoms with van der Waals surface area (Å²) in [5, 5.41) is 3.17. The van der Waals surface area contributed by atoms with Crippen molar-refractivity contribution >= 4 is 5.82 Å². The lowest BCUT2D eigenvalue weighted by Gasteiger charge is -2.06. The molecular weight excluding hydrogens is 202 g/mol. The molecule has 4 nitrogen and oxygen atoms in total. The molecule has 0 saturated carbocycles. The average molecular weight is 219 g/mol. The molecule has 0 unspecified atom stereocenters. The van der Waals surface area contributed by atoms with E-state index in [4.69, 9.17) is 11.2 Å². The Hall–Kier alpha value is -1.76. The van der Waals surface area contributed by atoms with Gasteiger partial charge in [0, 0.05) is 19.0 Å². The maximum Gasteiger partial charge on any atom is 0.218 e. The van der Waals surface area contributed by atoms with Crippen molar-refractivity contribution in [2.24, 2.45) is 0 Å². The van der Waals surface area contributed by atoms with E-state index >= 15 is 0 Å². The summed E-state index contributed by atoms with van der Waals surface area (Å²) in [5.41, 5.74) is 0. The molecule has 1 aromatic rings. The molecular formula is C12H17N3O. The standard InChI is InChI=1S/C12H17N3O/c1-3-5-6-7-13-11-9-12(15-10-14-11)16-8-4-2/h1,9-10H,4-8H2,2H3,(H,13,14,15). The number of aromatic nitrogens is 2. The van der Waals surface area contributed by atoms with Crippen LogP contribution in [-0.4, -0.2) is 23.1 Å². The van der Waals surface area contributed by atoms with E-state index in [0.717, 1.165) is 31.6 Å². The number of hydrogen-bond donors (Lipinski definition) is 1. The summed E-state index contributed by atoms with van der Waals surface area (Å²) >= 11 is 0. The number of hydrogen-bond acceptors (Lipinski definition) is 4. The Bertz CT molecular complexity index is 346. The summed E-state index contributed by atoms with van der Waals surface area (Å²) in [5.74, 6) is 3.98. The molecule has 86 valence electrons. The fourth-order valence-corrected chi connectivity index (χ4v) is 1.13. The van der Waals surface area contributed by atoms with Gasteiger partial charge in [-0.2, -0.15) is 0 Å². The molecule has 0 atom stereocenters. The van der Waals surface area contributed by atoms with Gasteiger partial charge in [0.1, 0.15) is 12.1 Å². The molecule has 0 radical (unpaired) electrons. The van der Waals surface area contributed by atoms with E-state index in [-0.39, 0.29) is 0 Å². The van der Waals surface area contributed by atoms with Crippen LogP contribution in [0.1, 0.15) is 26.2 Å². The van der Waals surface area contributed by atoms with Gasteiger partial charge in [-0.25, -0.2) is 9.97 Å². The van der Waals surface area contributed by atoms with Crippen LogP contribution >= 0.6 is 0 Å². The zero-order chi connectivity index (χ0) is 11.6. The predicted molar refractivity (Wildman–Crippen MR) is 64.4 cm³/mol. The molecule has 0 aliphatic rings. The molecule has 0 amide bonds. The first-order valence-electron chi connectivity index (χ1n) is 5.49. The largest absolute Gasteiger partial charge is 0.478 e. The highest BCUT2D eigenvalue weighted by Gasteiger charge is 1.98. The van der Waals surface area contributed by atoms with Gasteiger partial charge >= 0.3 is 0 Å². The lowest BCUT2D eigenvalue weighted by Crippen LogP contribution is -2.04. The number of terminal acetylenes is 1.